The van der Waals surface area contributed by atoms with Gasteiger partial charge in [-0.25, -0.2) is 0 Å². The fourth-order valence-corrected chi connectivity index (χ4v) is 3.85. The number of hydrogen-bond donors (Lipinski definition) is 2. The summed E-state index contributed by atoms with van der Waals surface area (Å²) >= 11 is 1.36. The van der Waals surface area contributed by atoms with E-state index in [9.17, 15) is 9.59 Å². The summed E-state index contributed by atoms with van der Waals surface area (Å²) in [5.74, 6) is 0.813. The van der Waals surface area contributed by atoms with Crippen molar-refractivity contribution in [3.8, 4) is 11.5 Å². The van der Waals surface area contributed by atoms with E-state index in [1.54, 1.807) is 45.6 Å². The van der Waals surface area contributed by atoms with Crippen molar-refractivity contribution in [2.24, 2.45) is 0 Å². The zero-order chi connectivity index (χ0) is 21.5. The summed E-state index contributed by atoms with van der Waals surface area (Å²) < 4.78 is 15.5. The number of carbonyl (C=O) groups excluding carboxylic acids is 2. The second-order valence-corrected chi connectivity index (χ2v) is 7.58. The first-order valence-corrected chi connectivity index (χ1v) is 10.2. The highest BCUT2D eigenvalue weighted by Gasteiger charge is 2.22. The fourth-order valence-electron chi connectivity index (χ4n) is 2.92. The molecule has 0 bridgehead atoms. The van der Waals surface area contributed by atoms with Gasteiger partial charge in [-0.15, -0.1) is 0 Å². The third-order valence-electron chi connectivity index (χ3n) is 4.45. The van der Waals surface area contributed by atoms with Gasteiger partial charge in [0, 0.05) is 30.7 Å². The van der Waals surface area contributed by atoms with Crippen LogP contribution < -0.4 is 20.1 Å². The topological polar surface area (TPSA) is 85.9 Å². The maximum absolute atomic E-state index is 12.6. The highest BCUT2D eigenvalue weighted by atomic mass is 32.2. The molecule has 0 aromatic heterocycles. The maximum Gasteiger partial charge on any atom is 0.262 e. The number of ether oxygens (including phenoxy) is 3. The lowest BCUT2D eigenvalue weighted by Gasteiger charge is -2.19. The summed E-state index contributed by atoms with van der Waals surface area (Å²) in [6.45, 7) is 1.12. The largest absolute Gasteiger partial charge is 0.493 e. The zero-order valence-corrected chi connectivity index (χ0v) is 17.9. The zero-order valence-electron chi connectivity index (χ0n) is 17.1. The number of thioether (sulfide) groups is 1. The summed E-state index contributed by atoms with van der Waals surface area (Å²) in [7, 11) is 4.77. The van der Waals surface area contributed by atoms with Gasteiger partial charge in [-0.05, 0) is 48.4 Å². The third kappa shape index (κ3) is 5.14. The van der Waals surface area contributed by atoms with E-state index >= 15 is 0 Å². The molecule has 2 amide bonds. The molecule has 2 aromatic rings. The Balaban J connectivity index is 1.75. The molecule has 0 saturated heterocycles. The predicted octanol–water partition coefficient (Wildman–Crippen LogP) is 3.56. The summed E-state index contributed by atoms with van der Waals surface area (Å²) in [5, 5.41) is 5.71. The second-order valence-electron chi connectivity index (χ2n) is 6.49. The quantitative estimate of drug-likeness (QED) is 0.494. The van der Waals surface area contributed by atoms with Gasteiger partial charge < -0.3 is 24.8 Å². The Hall–Kier alpha value is -2.97. The van der Waals surface area contributed by atoms with E-state index in [2.05, 4.69) is 10.6 Å². The summed E-state index contributed by atoms with van der Waals surface area (Å²) in [6, 6.07) is 10.7. The first kappa shape index (κ1) is 21.7. The van der Waals surface area contributed by atoms with Crippen molar-refractivity contribution in [2.75, 3.05) is 39.8 Å². The van der Waals surface area contributed by atoms with Crippen LogP contribution in [0.25, 0.3) is 6.08 Å². The minimum Gasteiger partial charge on any atom is -0.493 e. The Morgan fingerprint density at radius 3 is 2.63 bits per heavy atom. The van der Waals surface area contributed by atoms with E-state index in [1.165, 1.54) is 11.8 Å². The molecule has 0 atom stereocenters. The van der Waals surface area contributed by atoms with Crippen molar-refractivity contribution in [3.63, 3.8) is 0 Å². The van der Waals surface area contributed by atoms with Crippen molar-refractivity contribution in [2.45, 2.75) is 11.3 Å². The fraction of sp³-hybridized carbons (Fsp3) is 0.273. The summed E-state index contributed by atoms with van der Waals surface area (Å²) in [6.07, 6.45) is 2.53. The number of nitrogens with one attached hydrogen (secondary N) is 2. The monoisotopic (exact) mass is 428 g/mol. The highest BCUT2D eigenvalue weighted by molar-refractivity contribution is 8.04. The van der Waals surface area contributed by atoms with Gasteiger partial charge in [0.2, 0.25) is 0 Å². The van der Waals surface area contributed by atoms with Crippen molar-refractivity contribution in [1.82, 2.24) is 5.32 Å². The van der Waals surface area contributed by atoms with Crippen LogP contribution in [-0.2, 0) is 9.53 Å². The number of benzene rings is 2. The lowest BCUT2D eigenvalue weighted by molar-refractivity contribution is -0.112. The standard InChI is InChI=1S/C22H24N2O5S/c1-27-10-4-9-23-21(25)15-6-8-19-16(13-15)24-22(26)20(30-19)12-14-5-7-17(28-2)18(11-14)29-3/h5-8,11-13H,4,9-10H2,1-3H3,(H,23,25)(H,24,26)/b20-12+. The molecule has 0 spiro atoms. The molecule has 0 radical (unpaired) electrons. The molecule has 1 heterocycles. The number of methoxy groups -OCH3 is 3. The second kappa shape index (κ2) is 10.2. The van der Waals surface area contributed by atoms with Crippen LogP contribution in [0.4, 0.5) is 5.69 Å². The van der Waals surface area contributed by atoms with Gasteiger partial charge in [-0.1, -0.05) is 17.8 Å². The Kier molecular flexibility index (Phi) is 7.37. The number of fused-ring (bicyclic) bond motifs is 1. The van der Waals surface area contributed by atoms with Gasteiger partial charge in [0.25, 0.3) is 11.8 Å². The normalized spacial score (nSPS) is 14.1. The lowest BCUT2D eigenvalue weighted by atomic mass is 10.1. The van der Waals surface area contributed by atoms with Gasteiger partial charge in [0.15, 0.2) is 11.5 Å². The molecule has 1 aliphatic heterocycles. The van der Waals surface area contributed by atoms with Crippen LogP contribution in [0.3, 0.4) is 0 Å². The van der Waals surface area contributed by atoms with Crippen molar-refractivity contribution in [3.05, 3.63) is 52.4 Å². The first-order valence-electron chi connectivity index (χ1n) is 9.40. The van der Waals surface area contributed by atoms with Gasteiger partial charge in [0.1, 0.15) is 0 Å². The van der Waals surface area contributed by atoms with E-state index in [1.807, 2.05) is 18.2 Å². The molecule has 0 fully saturated rings. The number of rotatable bonds is 8. The minimum absolute atomic E-state index is 0.181. The van der Waals surface area contributed by atoms with Gasteiger partial charge in [-0.3, -0.25) is 9.59 Å². The minimum atomic E-state index is -0.222. The maximum atomic E-state index is 12.6. The summed E-state index contributed by atoms with van der Waals surface area (Å²) in [4.78, 5) is 26.3. The van der Waals surface area contributed by atoms with Gasteiger partial charge >= 0.3 is 0 Å². The molecule has 7 nitrogen and oxygen atoms in total. The van der Waals surface area contributed by atoms with Crippen LogP contribution in [0.1, 0.15) is 22.3 Å². The van der Waals surface area contributed by atoms with Crippen LogP contribution in [0.5, 0.6) is 11.5 Å². The number of amides is 2. The molecule has 158 valence electrons. The number of carbonyl (C=O) groups is 2. The predicted molar refractivity (Wildman–Crippen MR) is 117 cm³/mol. The Morgan fingerprint density at radius 1 is 1.10 bits per heavy atom. The van der Waals surface area contributed by atoms with E-state index in [4.69, 9.17) is 14.2 Å². The van der Waals surface area contributed by atoms with Crippen molar-refractivity contribution in [1.29, 1.82) is 0 Å². The van der Waals surface area contributed by atoms with E-state index in [0.717, 1.165) is 16.9 Å². The molecular weight excluding hydrogens is 404 g/mol. The molecule has 0 saturated carbocycles. The summed E-state index contributed by atoms with van der Waals surface area (Å²) in [5.41, 5.74) is 1.94. The van der Waals surface area contributed by atoms with Crippen LogP contribution in [0.15, 0.2) is 46.2 Å². The van der Waals surface area contributed by atoms with Gasteiger partial charge in [-0.2, -0.15) is 0 Å². The average molecular weight is 429 g/mol. The molecule has 2 N–H and O–H groups in total. The number of hydrogen-bond acceptors (Lipinski definition) is 6. The molecule has 2 aromatic carbocycles. The number of anilines is 1. The molecule has 0 unspecified atom stereocenters. The average Bonchev–Trinajstić information content (AvgIpc) is 2.76. The molecular formula is C22H24N2O5S. The van der Waals surface area contributed by atoms with Crippen LogP contribution >= 0.6 is 11.8 Å². The van der Waals surface area contributed by atoms with E-state index in [0.29, 0.717) is 40.8 Å². The Bertz CT molecular complexity index is 974. The van der Waals surface area contributed by atoms with Crippen molar-refractivity contribution < 1.29 is 23.8 Å². The van der Waals surface area contributed by atoms with E-state index in [-0.39, 0.29) is 11.8 Å². The Labute approximate surface area is 179 Å². The smallest absolute Gasteiger partial charge is 0.262 e. The van der Waals surface area contributed by atoms with Gasteiger partial charge in [0.05, 0.1) is 24.8 Å². The highest BCUT2D eigenvalue weighted by Crippen LogP contribution is 2.40. The third-order valence-corrected chi connectivity index (χ3v) is 5.55. The Morgan fingerprint density at radius 2 is 1.90 bits per heavy atom. The molecule has 3 rings (SSSR count). The molecule has 30 heavy (non-hydrogen) atoms. The molecule has 1 aliphatic rings. The van der Waals surface area contributed by atoms with Crippen LogP contribution in [0.2, 0.25) is 0 Å². The lowest BCUT2D eigenvalue weighted by Crippen LogP contribution is -2.25. The first-order chi connectivity index (χ1) is 14.5. The van der Waals surface area contributed by atoms with Crippen LogP contribution in [0, 0.1) is 0 Å². The molecule has 0 aliphatic carbocycles. The van der Waals surface area contributed by atoms with E-state index < -0.39 is 0 Å². The molecule has 8 heteroatoms. The SMILES string of the molecule is COCCCNC(=O)c1ccc2c(c1)NC(=O)/C(=C\c1ccc(OC)c(OC)c1)S2. The van der Waals surface area contributed by atoms with Crippen LogP contribution in [-0.4, -0.2) is 46.3 Å². The van der Waals surface area contributed by atoms with Crippen molar-refractivity contribution >= 4 is 35.3 Å².